The van der Waals surface area contributed by atoms with E-state index in [9.17, 15) is 4.79 Å². The van der Waals surface area contributed by atoms with Crippen LogP contribution in [0.3, 0.4) is 0 Å². The molecule has 0 atom stereocenters. The summed E-state index contributed by atoms with van der Waals surface area (Å²) >= 11 is 0. The molecule has 0 spiro atoms. The third-order valence-corrected chi connectivity index (χ3v) is 3.26. The summed E-state index contributed by atoms with van der Waals surface area (Å²) in [5.41, 5.74) is 11.6. The average Bonchev–Trinajstić information content (AvgIpc) is 2.33. The molecule has 0 fully saturated rings. The first-order chi connectivity index (χ1) is 9.45. The van der Waals surface area contributed by atoms with Crippen molar-refractivity contribution in [2.45, 2.75) is 27.2 Å². The van der Waals surface area contributed by atoms with E-state index in [0.717, 1.165) is 22.4 Å². The topological polar surface area (TPSA) is 55.1 Å². The Hall–Kier alpha value is -2.29. The van der Waals surface area contributed by atoms with E-state index in [1.165, 1.54) is 5.56 Å². The van der Waals surface area contributed by atoms with Crippen molar-refractivity contribution in [1.29, 1.82) is 0 Å². The Morgan fingerprint density at radius 1 is 1.10 bits per heavy atom. The van der Waals surface area contributed by atoms with E-state index in [2.05, 4.69) is 24.4 Å². The van der Waals surface area contributed by atoms with Gasteiger partial charge in [-0.1, -0.05) is 29.8 Å². The first kappa shape index (κ1) is 14.1. The zero-order valence-corrected chi connectivity index (χ0v) is 12.2. The molecule has 3 heteroatoms. The van der Waals surface area contributed by atoms with Crippen LogP contribution in [0.1, 0.15) is 22.3 Å². The third kappa shape index (κ3) is 3.38. The Balaban J connectivity index is 2.13. The summed E-state index contributed by atoms with van der Waals surface area (Å²) in [6.07, 6.45) is 0.331. The van der Waals surface area contributed by atoms with Gasteiger partial charge < -0.3 is 11.1 Å². The SMILES string of the molecule is Cc1cc(C)c(NC(=O)Cc2cccc(N)c2)c(C)c1. The van der Waals surface area contributed by atoms with Crippen molar-refractivity contribution in [3.63, 3.8) is 0 Å². The van der Waals surface area contributed by atoms with E-state index in [1.54, 1.807) is 0 Å². The van der Waals surface area contributed by atoms with Crippen LogP contribution in [-0.2, 0) is 11.2 Å². The minimum Gasteiger partial charge on any atom is -0.399 e. The zero-order chi connectivity index (χ0) is 14.7. The number of aryl methyl sites for hydroxylation is 3. The van der Waals surface area contributed by atoms with Gasteiger partial charge in [-0.3, -0.25) is 4.79 Å². The maximum Gasteiger partial charge on any atom is 0.228 e. The van der Waals surface area contributed by atoms with Gasteiger partial charge in [0.05, 0.1) is 6.42 Å². The molecule has 2 rings (SSSR count). The second kappa shape index (κ2) is 5.78. The van der Waals surface area contributed by atoms with Crippen LogP contribution < -0.4 is 11.1 Å². The van der Waals surface area contributed by atoms with Gasteiger partial charge >= 0.3 is 0 Å². The number of hydrogen-bond acceptors (Lipinski definition) is 2. The summed E-state index contributed by atoms with van der Waals surface area (Å²) in [5, 5.41) is 2.99. The molecule has 0 aliphatic carbocycles. The van der Waals surface area contributed by atoms with Crippen LogP contribution in [0.25, 0.3) is 0 Å². The zero-order valence-electron chi connectivity index (χ0n) is 12.2. The second-order valence-corrected chi connectivity index (χ2v) is 5.24. The first-order valence-corrected chi connectivity index (χ1v) is 6.68. The average molecular weight is 268 g/mol. The van der Waals surface area contributed by atoms with Gasteiger partial charge in [-0.25, -0.2) is 0 Å². The van der Waals surface area contributed by atoms with Crippen molar-refractivity contribution in [2.24, 2.45) is 0 Å². The number of carbonyl (C=O) groups is 1. The van der Waals surface area contributed by atoms with Crippen molar-refractivity contribution >= 4 is 17.3 Å². The van der Waals surface area contributed by atoms with Crippen molar-refractivity contribution in [2.75, 3.05) is 11.1 Å². The van der Waals surface area contributed by atoms with Crippen molar-refractivity contribution in [3.05, 3.63) is 58.7 Å². The number of hydrogen-bond donors (Lipinski definition) is 2. The summed E-state index contributed by atoms with van der Waals surface area (Å²) in [5.74, 6) is -0.0225. The van der Waals surface area contributed by atoms with E-state index in [-0.39, 0.29) is 5.91 Å². The molecule has 0 bridgehead atoms. The summed E-state index contributed by atoms with van der Waals surface area (Å²) in [7, 11) is 0. The van der Waals surface area contributed by atoms with E-state index in [4.69, 9.17) is 5.73 Å². The molecule has 0 heterocycles. The van der Waals surface area contributed by atoms with Gasteiger partial charge in [0.1, 0.15) is 0 Å². The maximum absolute atomic E-state index is 12.1. The smallest absolute Gasteiger partial charge is 0.228 e. The Morgan fingerprint density at radius 2 is 1.75 bits per heavy atom. The molecule has 2 aromatic rings. The normalized spacial score (nSPS) is 10.3. The summed E-state index contributed by atoms with van der Waals surface area (Å²) in [6.45, 7) is 6.07. The monoisotopic (exact) mass is 268 g/mol. The molecule has 0 radical (unpaired) electrons. The van der Waals surface area contributed by atoms with Gasteiger partial charge in [-0.05, 0) is 49.6 Å². The van der Waals surface area contributed by atoms with Gasteiger partial charge in [-0.2, -0.15) is 0 Å². The van der Waals surface area contributed by atoms with E-state index >= 15 is 0 Å². The number of nitrogens with one attached hydrogen (secondary N) is 1. The lowest BCUT2D eigenvalue weighted by molar-refractivity contribution is -0.115. The third-order valence-electron chi connectivity index (χ3n) is 3.26. The van der Waals surface area contributed by atoms with Gasteiger partial charge in [0.2, 0.25) is 5.91 Å². The first-order valence-electron chi connectivity index (χ1n) is 6.68. The lowest BCUT2D eigenvalue weighted by Gasteiger charge is -2.13. The minimum absolute atomic E-state index is 0.0225. The number of nitrogen functional groups attached to an aromatic ring is 1. The number of nitrogens with two attached hydrogens (primary N) is 1. The Morgan fingerprint density at radius 3 is 2.35 bits per heavy atom. The van der Waals surface area contributed by atoms with Crippen LogP contribution in [-0.4, -0.2) is 5.91 Å². The van der Waals surface area contributed by atoms with Crippen LogP contribution in [0.4, 0.5) is 11.4 Å². The Kier molecular flexibility index (Phi) is 4.08. The van der Waals surface area contributed by atoms with Gasteiger partial charge in [-0.15, -0.1) is 0 Å². The van der Waals surface area contributed by atoms with Gasteiger partial charge in [0.25, 0.3) is 0 Å². The minimum atomic E-state index is -0.0225. The fraction of sp³-hybridized carbons (Fsp3) is 0.235. The van der Waals surface area contributed by atoms with Crippen LogP contribution in [0, 0.1) is 20.8 Å². The number of benzene rings is 2. The molecule has 104 valence electrons. The van der Waals surface area contributed by atoms with Gasteiger partial charge in [0.15, 0.2) is 0 Å². The standard InChI is InChI=1S/C17H20N2O/c1-11-7-12(2)17(13(3)8-11)19-16(20)10-14-5-4-6-15(18)9-14/h4-9H,10,18H2,1-3H3,(H,19,20). The number of rotatable bonds is 3. The molecule has 0 saturated heterocycles. The molecule has 0 unspecified atom stereocenters. The summed E-state index contributed by atoms with van der Waals surface area (Å²) in [6, 6.07) is 11.6. The largest absolute Gasteiger partial charge is 0.399 e. The molecule has 0 aliphatic heterocycles. The highest BCUT2D eigenvalue weighted by Gasteiger charge is 2.09. The molecule has 0 aliphatic rings. The van der Waals surface area contributed by atoms with Crippen molar-refractivity contribution < 1.29 is 4.79 Å². The lowest BCUT2D eigenvalue weighted by atomic mass is 10.0. The van der Waals surface area contributed by atoms with Crippen LogP contribution in [0.15, 0.2) is 36.4 Å². The quantitative estimate of drug-likeness (QED) is 0.838. The number of anilines is 2. The summed E-state index contributed by atoms with van der Waals surface area (Å²) < 4.78 is 0. The number of amides is 1. The predicted molar refractivity (Wildman–Crippen MR) is 83.8 cm³/mol. The fourth-order valence-electron chi connectivity index (χ4n) is 2.45. The van der Waals surface area contributed by atoms with E-state index < -0.39 is 0 Å². The van der Waals surface area contributed by atoms with Crippen LogP contribution in [0.2, 0.25) is 0 Å². The van der Waals surface area contributed by atoms with Crippen LogP contribution >= 0.6 is 0 Å². The molecule has 0 aromatic heterocycles. The number of carbonyl (C=O) groups excluding carboxylic acids is 1. The molecule has 3 nitrogen and oxygen atoms in total. The van der Waals surface area contributed by atoms with Crippen LogP contribution in [0.5, 0.6) is 0 Å². The maximum atomic E-state index is 12.1. The highest BCUT2D eigenvalue weighted by Crippen LogP contribution is 2.22. The van der Waals surface area contributed by atoms with Crippen molar-refractivity contribution in [3.8, 4) is 0 Å². The molecular formula is C17H20N2O. The van der Waals surface area contributed by atoms with Gasteiger partial charge in [0, 0.05) is 11.4 Å². The predicted octanol–water partition coefficient (Wildman–Crippen LogP) is 3.38. The molecule has 1 amide bonds. The molecular weight excluding hydrogens is 248 g/mol. The Labute approximate surface area is 119 Å². The van der Waals surface area contributed by atoms with E-state index in [0.29, 0.717) is 12.1 Å². The summed E-state index contributed by atoms with van der Waals surface area (Å²) in [4.78, 5) is 12.1. The molecule has 3 N–H and O–H groups in total. The van der Waals surface area contributed by atoms with Crippen molar-refractivity contribution in [1.82, 2.24) is 0 Å². The fourth-order valence-corrected chi connectivity index (χ4v) is 2.45. The second-order valence-electron chi connectivity index (χ2n) is 5.24. The molecule has 2 aromatic carbocycles. The molecule has 0 saturated carbocycles. The lowest BCUT2D eigenvalue weighted by Crippen LogP contribution is -2.16. The highest BCUT2D eigenvalue weighted by atomic mass is 16.1. The Bertz CT molecular complexity index is 624. The highest BCUT2D eigenvalue weighted by molar-refractivity contribution is 5.93. The van der Waals surface area contributed by atoms with E-state index in [1.807, 2.05) is 38.1 Å². The molecule has 20 heavy (non-hydrogen) atoms.